The third-order valence-electron chi connectivity index (χ3n) is 4.79. The molecule has 0 aliphatic carbocycles. The Hall–Kier alpha value is -2.27. The van der Waals surface area contributed by atoms with Gasteiger partial charge in [-0.2, -0.15) is 31.5 Å². The molecule has 206 valence electrons. The highest BCUT2D eigenvalue weighted by atomic mass is 32.2. The molecule has 1 aromatic heterocycles. The van der Waals surface area contributed by atoms with Gasteiger partial charge >= 0.3 is 22.4 Å². The monoisotopic (exact) mass is 609 g/mol. The molecule has 5 N–H and O–H groups in total. The van der Waals surface area contributed by atoms with Crippen LogP contribution in [0.4, 0.5) is 13.2 Å². The van der Waals surface area contributed by atoms with E-state index in [-0.39, 0.29) is 29.4 Å². The Labute approximate surface area is 217 Å². The smallest absolute Gasteiger partial charge is 0.400 e. The number of halogens is 3. The number of hydrogen-bond acceptors (Lipinski definition) is 11. The predicted octanol–water partition coefficient (Wildman–Crippen LogP) is -1.51. The van der Waals surface area contributed by atoms with Crippen molar-refractivity contribution >= 4 is 62.4 Å². The van der Waals surface area contributed by atoms with Gasteiger partial charge < -0.3 is 10.4 Å². The zero-order valence-corrected chi connectivity index (χ0v) is 21.4. The van der Waals surface area contributed by atoms with Crippen molar-refractivity contribution < 1.29 is 49.8 Å². The van der Waals surface area contributed by atoms with E-state index in [2.05, 4.69) is 25.9 Å². The van der Waals surface area contributed by atoms with Crippen LogP contribution in [0.3, 0.4) is 0 Å². The zero-order valence-electron chi connectivity index (χ0n) is 18.2. The number of fused-ring (bicyclic) bond motifs is 1. The lowest BCUT2D eigenvalue weighted by Gasteiger charge is -2.50. The first kappa shape index (κ1) is 29.3. The summed E-state index contributed by atoms with van der Waals surface area (Å²) in [4.78, 5) is 37.9. The molecule has 0 spiro atoms. The van der Waals surface area contributed by atoms with Crippen LogP contribution in [0.1, 0.15) is 6.42 Å². The van der Waals surface area contributed by atoms with E-state index >= 15 is 0 Å². The second kappa shape index (κ2) is 11.6. The molecule has 0 radical (unpaired) electrons. The van der Waals surface area contributed by atoms with E-state index in [1.54, 1.807) is 0 Å². The number of hydrogen-bond donors (Lipinski definition) is 5. The molecule has 1 aromatic rings. The first-order valence-corrected chi connectivity index (χ1v) is 14.8. The van der Waals surface area contributed by atoms with Gasteiger partial charge in [-0.3, -0.25) is 23.3 Å². The standard InChI is InChI=1S/C15H18F3N7O8S4/c16-15(17,18)5-36(30)4-8(26)20-9-11(27)25-10(13(28)29)6(3-34-12(9)25)7(1-2-19-37(31,32)33)35-14-21-23-24-22-14/h7,9,12,19H,1-5H2,(H,20,26)(H,28,29)(H,31,32,33)(H,21,22,23,24)/t7?,9?,12-,36?/m0/s1. The molecule has 2 aliphatic heterocycles. The first-order chi connectivity index (χ1) is 17.2. The van der Waals surface area contributed by atoms with Crippen molar-refractivity contribution in [2.75, 3.05) is 23.8 Å². The number of alkyl halides is 3. The zero-order chi connectivity index (χ0) is 27.5. The van der Waals surface area contributed by atoms with Crippen LogP contribution in [0.2, 0.25) is 0 Å². The van der Waals surface area contributed by atoms with E-state index in [4.69, 9.17) is 4.55 Å². The minimum absolute atomic E-state index is 0.00382. The molecule has 0 aromatic carbocycles. The minimum Gasteiger partial charge on any atom is -0.477 e. The maximum atomic E-state index is 12.8. The van der Waals surface area contributed by atoms with Crippen LogP contribution in [0.5, 0.6) is 0 Å². The number of carbonyl (C=O) groups excluding carboxylic acids is 2. The summed E-state index contributed by atoms with van der Waals surface area (Å²) in [6.45, 7) is -0.305. The molecule has 37 heavy (non-hydrogen) atoms. The molecule has 0 saturated carbocycles. The highest BCUT2D eigenvalue weighted by Crippen LogP contribution is 2.44. The fourth-order valence-electron chi connectivity index (χ4n) is 3.44. The molecule has 4 atom stereocenters. The average Bonchev–Trinajstić information content (AvgIpc) is 3.26. The Bertz CT molecular complexity index is 1210. The SMILES string of the molecule is O=C(CS(=O)CC(F)(F)F)NC1C(=O)N2C(C(=O)O)=C(C(CCNS(=O)(=O)O)Sc3nn[nH]n3)CS[C@@H]12. The van der Waals surface area contributed by atoms with Crippen molar-refractivity contribution in [2.24, 2.45) is 0 Å². The van der Waals surface area contributed by atoms with Gasteiger partial charge in [0.2, 0.25) is 11.1 Å². The summed E-state index contributed by atoms with van der Waals surface area (Å²) in [5, 5.41) is 23.6. The molecule has 3 rings (SSSR count). The number of β-lactam (4-membered cyclic amide) rings is 1. The molecule has 1 saturated heterocycles. The molecule has 1 fully saturated rings. The van der Waals surface area contributed by atoms with E-state index in [1.807, 2.05) is 4.72 Å². The largest absolute Gasteiger partial charge is 0.477 e. The Kier molecular flexibility index (Phi) is 9.21. The van der Waals surface area contributed by atoms with Gasteiger partial charge in [-0.1, -0.05) is 11.8 Å². The van der Waals surface area contributed by atoms with Gasteiger partial charge in [0.15, 0.2) is 0 Å². The van der Waals surface area contributed by atoms with Gasteiger partial charge in [-0.15, -0.1) is 22.0 Å². The van der Waals surface area contributed by atoms with Crippen molar-refractivity contribution in [1.82, 2.24) is 35.6 Å². The number of carbonyl (C=O) groups is 3. The van der Waals surface area contributed by atoms with Gasteiger partial charge in [0, 0.05) is 28.3 Å². The molecule has 2 aliphatic rings. The molecule has 0 bridgehead atoms. The molecular formula is C15H18F3N7O8S4. The number of nitrogens with one attached hydrogen (secondary N) is 3. The van der Waals surface area contributed by atoms with E-state index in [9.17, 15) is 45.3 Å². The number of aromatic amines is 1. The summed E-state index contributed by atoms with van der Waals surface area (Å²) in [6.07, 6.45) is -4.79. The number of carboxylic acid groups (broad SMARTS) is 1. The highest BCUT2D eigenvalue weighted by Gasteiger charge is 2.55. The summed E-state index contributed by atoms with van der Waals surface area (Å²) >= 11 is 1.98. The maximum Gasteiger partial charge on any atom is 0.400 e. The van der Waals surface area contributed by atoms with E-state index in [1.165, 1.54) is 0 Å². The minimum atomic E-state index is -4.74. The Balaban J connectivity index is 1.77. The number of carboxylic acids is 1. The third-order valence-corrected chi connectivity index (χ3v) is 9.08. The quantitative estimate of drug-likeness (QED) is 0.103. The molecule has 3 unspecified atom stereocenters. The van der Waals surface area contributed by atoms with E-state index < -0.39 is 78.9 Å². The van der Waals surface area contributed by atoms with Gasteiger partial charge in [-0.05, 0) is 17.2 Å². The topological polar surface area (TPSA) is 225 Å². The lowest BCUT2D eigenvalue weighted by Crippen LogP contribution is -2.71. The number of rotatable bonds is 12. The average molecular weight is 610 g/mol. The van der Waals surface area contributed by atoms with E-state index in [0.717, 1.165) is 28.4 Å². The van der Waals surface area contributed by atoms with Crippen molar-refractivity contribution in [3.8, 4) is 0 Å². The Morgan fingerprint density at radius 1 is 1.38 bits per heavy atom. The van der Waals surface area contributed by atoms with Crippen molar-refractivity contribution in [2.45, 2.75) is 34.4 Å². The summed E-state index contributed by atoms with van der Waals surface area (Å²) in [7, 11) is -7.08. The number of amides is 2. The number of thioether (sulfide) groups is 2. The lowest BCUT2D eigenvalue weighted by molar-refractivity contribution is -0.150. The summed E-state index contributed by atoms with van der Waals surface area (Å²) in [5.41, 5.74) is -0.224. The van der Waals surface area contributed by atoms with Crippen LogP contribution in [0.15, 0.2) is 16.4 Å². The van der Waals surface area contributed by atoms with Crippen LogP contribution < -0.4 is 10.0 Å². The molecular weight excluding hydrogens is 591 g/mol. The van der Waals surface area contributed by atoms with Gasteiger partial charge in [0.1, 0.15) is 28.6 Å². The van der Waals surface area contributed by atoms with E-state index in [0.29, 0.717) is 0 Å². The van der Waals surface area contributed by atoms with Crippen molar-refractivity contribution in [1.29, 1.82) is 0 Å². The van der Waals surface area contributed by atoms with Gasteiger partial charge in [0.05, 0.1) is 0 Å². The second-order valence-corrected chi connectivity index (χ2v) is 12.4. The summed E-state index contributed by atoms with van der Waals surface area (Å²) in [6, 6.07) is -1.25. The number of tetrazole rings is 1. The maximum absolute atomic E-state index is 12.8. The number of aliphatic carboxylic acids is 1. The van der Waals surface area contributed by atoms with Crippen LogP contribution >= 0.6 is 23.5 Å². The Morgan fingerprint density at radius 2 is 2.08 bits per heavy atom. The number of H-pyrrole nitrogens is 1. The van der Waals surface area contributed by atoms with Crippen LogP contribution in [-0.2, 0) is 35.5 Å². The number of nitrogens with zero attached hydrogens (tertiary/aromatic N) is 4. The third kappa shape index (κ3) is 7.86. The molecule has 15 nitrogen and oxygen atoms in total. The van der Waals surface area contributed by atoms with Gasteiger partial charge in [-0.25, -0.2) is 4.79 Å². The second-order valence-electron chi connectivity index (χ2n) is 7.44. The summed E-state index contributed by atoms with van der Waals surface area (Å²) in [5.74, 6) is -6.08. The van der Waals surface area contributed by atoms with Crippen LogP contribution in [0.25, 0.3) is 0 Å². The lowest BCUT2D eigenvalue weighted by atomic mass is 10.0. The Morgan fingerprint density at radius 3 is 2.65 bits per heavy atom. The van der Waals surface area contributed by atoms with Crippen molar-refractivity contribution in [3.63, 3.8) is 0 Å². The fourth-order valence-corrected chi connectivity index (χ4v) is 7.19. The molecule has 22 heteroatoms. The first-order valence-electron chi connectivity index (χ1n) is 9.90. The summed E-state index contributed by atoms with van der Waals surface area (Å²) < 4.78 is 81.4. The number of aromatic nitrogens is 4. The highest BCUT2D eigenvalue weighted by molar-refractivity contribution is 8.01. The van der Waals surface area contributed by atoms with Crippen LogP contribution in [0, 0.1) is 0 Å². The van der Waals surface area contributed by atoms with Crippen LogP contribution in [-0.4, -0.2) is 112 Å². The van der Waals surface area contributed by atoms with Gasteiger partial charge in [0.25, 0.3) is 5.91 Å². The fraction of sp³-hybridized carbons (Fsp3) is 0.600. The molecule has 3 heterocycles. The van der Waals surface area contributed by atoms with Crippen molar-refractivity contribution in [3.05, 3.63) is 11.3 Å². The normalized spacial score (nSPS) is 21.7. The molecule has 2 amide bonds. The predicted molar refractivity (Wildman–Crippen MR) is 122 cm³/mol.